The number of anilines is 2. The number of halogens is 1. The van der Waals surface area contributed by atoms with Crippen LogP contribution in [0.25, 0.3) is 11.0 Å². The molecule has 4 nitrogen and oxygen atoms in total. The Labute approximate surface area is 112 Å². The Hall–Kier alpha value is -2.01. The molecule has 0 amide bonds. The zero-order chi connectivity index (χ0) is 12.4. The molecular formula is C13H9BrN4. The molecule has 0 saturated carbocycles. The van der Waals surface area contributed by atoms with Crippen molar-refractivity contribution in [2.24, 2.45) is 0 Å². The second-order valence-electron chi connectivity index (χ2n) is 3.70. The number of nitrogens with zero attached hydrogens (tertiary/aromatic N) is 3. The van der Waals surface area contributed by atoms with Gasteiger partial charge in [-0.3, -0.25) is 4.98 Å². The number of benzene rings is 1. The smallest absolute Gasteiger partial charge is 0.150 e. The van der Waals surface area contributed by atoms with Gasteiger partial charge in [-0.15, -0.1) is 0 Å². The van der Waals surface area contributed by atoms with Crippen LogP contribution in [0.1, 0.15) is 0 Å². The second-order valence-corrected chi connectivity index (χ2v) is 4.56. The third kappa shape index (κ3) is 2.17. The largest absolute Gasteiger partial charge is 0.323 e. The molecule has 0 fully saturated rings. The minimum atomic E-state index is 0.674. The lowest BCUT2D eigenvalue weighted by molar-refractivity contribution is 1.23. The molecule has 0 bridgehead atoms. The SMILES string of the molecule is Brc1cccnc1Nc1cnc2ccccc2n1. The molecule has 1 aromatic carbocycles. The Bertz CT molecular complexity index is 699. The summed E-state index contributed by atoms with van der Waals surface area (Å²) in [6, 6.07) is 11.5. The molecule has 0 atom stereocenters. The molecule has 0 saturated heterocycles. The van der Waals surface area contributed by atoms with Crippen LogP contribution in [0.15, 0.2) is 53.3 Å². The van der Waals surface area contributed by atoms with Crippen molar-refractivity contribution in [3.05, 3.63) is 53.3 Å². The van der Waals surface area contributed by atoms with Gasteiger partial charge in [0.15, 0.2) is 5.82 Å². The Morgan fingerprint density at radius 3 is 2.61 bits per heavy atom. The van der Waals surface area contributed by atoms with Crippen molar-refractivity contribution in [1.82, 2.24) is 15.0 Å². The zero-order valence-corrected chi connectivity index (χ0v) is 10.9. The number of nitrogens with one attached hydrogen (secondary N) is 1. The first-order valence-corrected chi connectivity index (χ1v) is 6.21. The average Bonchev–Trinajstić information content (AvgIpc) is 2.41. The lowest BCUT2D eigenvalue weighted by Crippen LogP contribution is -1.97. The van der Waals surface area contributed by atoms with E-state index in [1.165, 1.54) is 0 Å². The number of rotatable bonds is 2. The highest BCUT2D eigenvalue weighted by Crippen LogP contribution is 2.22. The van der Waals surface area contributed by atoms with Gasteiger partial charge in [-0.1, -0.05) is 12.1 Å². The molecule has 0 aliphatic heterocycles. The standard InChI is InChI=1S/C13H9BrN4/c14-9-4-3-7-15-13(9)18-12-8-16-10-5-1-2-6-11(10)17-12/h1-8H,(H,15,17,18). The third-order valence-electron chi connectivity index (χ3n) is 2.45. The van der Waals surface area contributed by atoms with E-state index in [9.17, 15) is 0 Å². The van der Waals surface area contributed by atoms with Gasteiger partial charge < -0.3 is 5.32 Å². The van der Waals surface area contributed by atoms with Crippen molar-refractivity contribution in [3.8, 4) is 0 Å². The normalized spacial score (nSPS) is 10.5. The maximum absolute atomic E-state index is 4.48. The van der Waals surface area contributed by atoms with Gasteiger partial charge >= 0.3 is 0 Å². The minimum absolute atomic E-state index is 0.674. The highest BCUT2D eigenvalue weighted by Gasteiger charge is 2.03. The summed E-state index contributed by atoms with van der Waals surface area (Å²) >= 11 is 3.43. The van der Waals surface area contributed by atoms with Gasteiger partial charge in [0.1, 0.15) is 5.82 Å². The molecule has 0 unspecified atom stereocenters. The van der Waals surface area contributed by atoms with Gasteiger partial charge in [-0.25, -0.2) is 9.97 Å². The first-order valence-electron chi connectivity index (χ1n) is 5.42. The van der Waals surface area contributed by atoms with Crippen LogP contribution in [-0.4, -0.2) is 15.0 Å². The maximum atomic E-state index is 4.48. The van der Waals surface area contributed by atoms with Crippen LogP contribution in [0.2, 0.25) is 0 Å². The van der Waals surface area contributed by atoms with Crippen molar-refractivity contribution in [2.75, 3.05) is 5.32 Å². The van der Waals surface area contributed by atoms with E-state index in [0.717, 1.165) is 21.3 Å². The van der Waals surface area contributed by atoms with E-state index in [-0.39, 0.29) is 0 Å². The Morgan fingerprint density at radius 2 is 1.78 bits per heavy atom. The molecule has 0 radical (unpaired) electrons. The van der Waals surface area contributed by atoms with Crippen molar-refractivity contribution < 1.29 is 0 Å². The van der Waals surface area contributed by atoms with E-state index in [4.69, 9.17) is 0 Å². The third-order valence-corrected chi connectivity index (χ3v) is 3.09. The predicted molar refractivity (Wildman–Crippen MR) is 74.8 cm³/mol. The van der Waals surface area contributed by atoms with Gasteiger partial charge in [-0.2, -0.15) is 0 Å². The van der Waals surface area contributed by atoms with Gasteiger partial charge in [0.25, 0.3) is 0 Å². The lowest BCUT2D eigenvalue weighted by Gasteiger charge is -2.06. The number of hydrogen-bond donors (Lipinski definition) is 1. The molecule has 2 aromatic heterocycles. The van der Waals surface area contributed by atoms with Gasteiger partial charge in [0, 0.05) is 6.20 Å². The van der Waals surface area contributed by atoms with Crippen LogP contribution in [0.4, 0.5) is 11.6 Å². The van der Waals surface area contributed by atoms with E-state index in [1.54, 1.807) is 12.4 Å². The molecular weight excluding hydrogens is 292 g/mol. The number of fused-ring (bicyclic) bond motifs is 1. The molecule has 0 aliphatic carbocycles. The fourth-order valence-corrected chi connectivity index (χ4v) is 1.97. The fraction of sp³-hybridized carbons (Fsp3) is 0. The van der Waals surface area contributed by atoms with E-state index >= 15 is 0 Å². The molecule has 1 N–H and O–H groups in total. The molecule has 2 heterocycles. The van der Waals surface area contributed by atoms with Gasteiger partial charge in [0.05, 0.1) is 21.7 Å². The van der Waals surface area contributed by atoms with Gasteiger partial charge in [0.2, 0.25) is 0 Å². The highest BCUT2D eigenvalue weighted by atomic mass is 79.9. The van der Waals surface area contributed by atoms with Crippen LogP contribution in [0.3, 0.4) is 0 Å². The number of pyridine rings is 1. The number of para-hydroxylation sites is 2. The Kier molecular flexibility index (Phi) is 2.90. The van der Waals surface area contributed by atoms with E-state index in [2.05, 4.69) is 36.2 Å². The summed E-state index contributed by atoms with van der Waals surface area (Å²) in [5.41, 5.74) is 1.73. The topological polar surface area (TPSA) is 50.7 Å². The summed E-state index contributed by atoms with van der Waals surface area (Å²) < 4.78 is 0.889. The van der Waals surface area contributed by atoms with Crippen molar-refractivity contribution in [2.45, 2.75) is 0 Å². The maximum Gasteiger partial charge on any atom is 0.150 e. The fourth-order valence-electron chi connectivity index (χ4n) is 1.62. The molecule has 88 valence electrons. The first-order chi connectivity index (χ1) is 8.83. The van der Waals surface area contributed by atoms with Crippen molar-refractivity contribution in [1.29, 1.82) is 0 Å². The summed E-state index contributed by atoms with van der Waals surface area (Å²) in [7, 11) is 0. The monoisotopic (exact) mass is 300 g/mol. The van der Waals surface area contributed by atoms with E-state index < -0.39 is 0 Å². The first kappa shape index (κ1) is 11.1. The predicted octanol–water partition coefficient (Wildman–Crippen LogP) is 3.53. The highest BCUT2D eigenvalue weighted by molar-refractivity contribution is 9.10. The summed E-state index contributed by atoms with van der Waals surface area (Å²) in [4.78, 5) is 13.0. The minimum Gasteiger partial charge on any atom is -0.323 e. The molecule has 3 aromatic rings. The van der Waals surface area contributed by atoms with Crippen molar-refractivity contribution in [3.63, 3.8) is 0 Å². The second kappa shape index (κ2) is 4.70. The molecule has 18 heavy (non-hydrogen) atoms. The Balaban J connectivity index is 1.98. The van der Waals surface area contributed by atoms with E-state index in [0.29, 0.717) is 5.82 Å². The number of hydrogen-bond acceptors (Lipinski definition) is 4. The molecule has 5 heteroatoms. The summed E-state index contributed by atoms with van der Waals surface area (Å²) in [6.07, 6.45) is 3.42. The number of aromatic nitrogens is 3. The van der Waals surface area contributed by atoms with E-state index in [1.807, 2.05) is 36.4 Å². The van der Waals surface area contributed by atoms with Crippen LogP contribution >= 0.6 is 15.9 Å². The van der Waals surface area contributed by atoms with Crippen LogP contribution < -0.4 is 5.32 Å². The molecule has 0 aliphatic rings. The molecule has 3 rings (SSSR count). The quantitative estimate of drug-likeness (QED) is 0.786. The summed E-state index contributed by atoms with van der Waals surface area (Å²) in [6.45, 7) is 0. The van der Waals surface area contributed by atoms with Crippen LogP contribution in [0, 0.1) is 0 Å². The average molecular weight is 301 g/mol. The zero-order valence-electron chi connectivity index (χ0n) is 9.34. The van der Waals surface area contributed by atoms with Crippen LogP contribution in [0.5, 0.6) is 0 Å². The van der Waals surface area contributed by atoms with Crippen molar-refractivity contribution >= 4 is 38.6 Å². The van der Waals surface area contributed by atoms with Crippen LogP contribution in [-0.2, 0) is 0 Å². The summed E-state index contributed by atoms with van der Waals surface area (Å²) in [5, 5.41) is 3.13. The van der Waals surface area contributed by atoms with Gasteiger partial charge in [-0.05, 0) is 40.2 Å². The Morgan fingerprint density at radius 1 is 0.944 bits per heavy atom. The lowest BCUT2D eigenvalue weighted by atomic mass is 10.3. The summed E-state index contributed by atoms with van der Waals surface area (Å²) in [5.74, 6) is 1.40. The molecule has 0 spiro atoms.